The smallest absolute Gasteiger partial charge is 0.103 e. The Kier molecular flexibility index (Phi) is 3.52. The number of benzene rings is 2. The summed E-state index contributed by atoms with van der Waals surface area (Å²) < 4.78 is 0. The van der Waals surface area contributed by atoms with Crippen LogP contribution < -0.4 is 5.73 Å². The molecule has 0 aliphatic heterocycles. The number of nitrogen functional groups attached to an aromatic ring is 1. The molecule has 0 bridgehead atoms. The summed E-state index contributed by atoms with van der Waals surface area (Å²) in [6, 6.07) is 18.4. The van der Waals surface area contributed by atoms with Crippen LogP contribution in [0, 0.1) is 0 Å². The summed E-state index contributed by atoms with van der Waals surface area (Å²) in [5.41, 5.74) is 9.83. The molecule has 1 aromatic heterocycles. The maximum absolute atomic E-state index is 5.74. The quantitative estimate of drug-likeness (QED) is 0.710. The minimum absolute atomic E-state index is 0.0853. The molecule has 0 spiro atoms. The molecule has 0 aliphatic carbocycles. The van der Waals surface area contributed by atoms with E-state index < -0.39 is 0 Å². The van der Waals surface area contributed by atoms with E-state index >= 15 is 0 Å². The maximum atomic E-state index is 5.74. The van der Waals surface area contributed by atoms with Gasteiger partial charge in [0.05, 0.1) is 5.69 Å². The van der Waals surface area contributed by atoms with Crippen LogP contribution >= 0.6 is 11.3 Å². The van der Waals surface area contributed by atoms with Gasteiger partial charge in [-0.1, -0.05) is 42.5 Å². The van der Waals surface area contributed by atoms with Gasteiger partial charge in [-0.05, 0) is 31.5 Å². The second kappa shape index (κ2) is 5.34. The molecule has 3 rings (SSSR count). The number of hydrogen-bond acceptors (Lipinski definition) is 3. The Morgan fingerprint density at radius 1 is 0.952 bits per heavy atom. The van der Waals surface area contributed by atoms with Crippen LogP contribution in [-0.4, -0.2) is 4.98 Å². The van der Waals surface area contributed by atoms with E-state index in [1.165, 1.54) is 5.56 Å². The number of thiazole rings is 1. The number of anilines is 1. The Bertz CT molecular complexity index is 727. The molecule has 2 nitrogen and oxygen atoms in total. The molecule has 0 radical (unpaired) electrons. The summed E-state index contributed by atoms with van der Waals surface area (Å²) >= 11 is 1.71. The van der Waals surface area contributed by atoms with Crippen molar-refractivity contribution in [1.82, 2.24) is 4.98 Å². The fraction of sp³-hybridized carbons (Fsp3) is 0.167. The van der Waals surface area contributed by atoms with Gasteiger partial charge in [-0.25, -0.2) is 4.98 Å². The van der Waals surface area contributed by atoms with Crippen LogP contribution in [0.4, 0.5) is 5.69 Å². The van der Waals surface area contributed by atoms with Gasteiger partial charge in [0.25, 0.3) is 0 Å². The lowest BCUT2D eigenvalue weighted by molar-refractivity contribution is 0.635. The Balaban J connectivity index is 1.96. The van der Waals surface area contributed by atoms with Gasteiger partial charge in [0, 0.05) is 22.0 Å². The highest BCUT2D eigenvalue weighted by Crippen LogP contribution is 2.35. The van der Waals surface area contributed by atoms with Gasteiger partial charge in [0.15, 0.2) is 0 Å². The highest BCUT2D eigenvalue weighted by atomic mass is 32.1. The maximum Gasteiger partial charge on any atom is 0.103 e. The van der Waals surface area contributed by atoms with Gasteiger partial charge >= 0.3 is 0 Å². The van der Waals surface area contributed by atoms with Crippen LogP contribution in [0.5, 0.6) is 0 Å². The van der Waals surface area contributed by atoms with Crippen LogP contribution in [0.2, 0.25) is 0 Å². The number of hydrogen-bond donors (Lipinski definition) is 1. The molecular weight excluding hydrogens is 276 g/mol. The van der Waals surface area contributed by atoms with E-state index in [0.29, 0.717) is 0 Å². The summed E-state index contributed by atoms with van der Waals surface area (Å²) in [5, 5.41) is 3.24. The lowest BCUT2D eigenvalue weighted by Crippen LogP contribution is -2.18. The molecule has 0 atom stereocenters. The third-order valence-corrected chi connectivity index (χ3v) is 4.91. The van der Waals surface area contributed by atoms with Gasteiger partial charge in [-0.2, -0.15) is 0 Å². The summed E-state index contributed by atoms with van der Waals surface area (Å²) in [5.74, 6) is 0. The molecule has 0 saturated heterocycles. The van der Waals surface area contributed by atoms with Crippen LogP contribution in [0.1, 0.15) is 24.4 Å². The van der Waals surface area contributed by atoms with Crippen LogP contribution in [0.25, 0.3) is 11.3 Å². The Morgan fingerprint density at radius 3 is 2.29 bits per heavy atom. The van der Waals surface area contributed by atoms with Crippen molar-refractivity contribution in [2.45, 2.75) is 19.3 Å². The van der Waals surface area contributed by atoms with Gasteiger partial charge < -0.3 is 5.73 Å². The molecule has 0 saturated carbocycles. The van der Waals surface area contributed by atoms with Crippen molar-refractivity contribution < 1.29 is 0 Å². The highest BCUT2D eigenvalue weighted by molar-refractivity contribution is 7.10. The van der Waals surface area contributed by atoms with Crippen LogP contribution in [-0.2, 0) is 5.41 Å². The van der Waals surface area contributed by atoms with Crippen LogP contribution in [0.15, 0.2) is 60.0 Å². The van der Waals surface area contributed by atoms with Crippen molar-refractivity contribution in [1.29, 1.82) is 0 Å². The van der Waals surface area contributed by atoms with E-state index in [9.17, 15) is 0 Å². The molecule has 0 unspecified atom stereocenters. The third kappa shape index (κ3) is 2.69. The minimum Gasteiger partial charge on any atom is -0.399 e. The SMILES string of the molecule is CC(C)(c1ccccc1)c1nc(-c2ccc(N)cc2)cs1. The molecule has 1 heterocycles. The molecule has 3 aromatic rings. The van der Waals surface area contributed by atoms with E-state index in [4.69, 9.17) is 10.7 Å². The van der Waals surface area contributed by atoms with E-state index in [1.54, 1.807) is 11.3 Å². The minimum atomic E-state index is -0.0853. The van der Waals surface area contributed by atoms with Crippen molar-refractivity contribution in [2.75, 3.05) is 5.73 Å². The van der Waals surface area contributed by atoms with E-state index in [2.05, 4.69) is 43.5 Å². The highest BCUT2D eigenvalue weighted by Gasteiger charge is 2.26. The number of aromatic nitrogens is 1. The van der Waals surface area contributed by atoms with Gasteiger partial charge in [-0.3, -0.25) is 0 Å². The van der Waals surface area contributed by atoms with E-state index in [1.807, 2.05) is 30.3 Å². The number of rotatable bonds is 3. The zero-order valence-corrected chi connectivity index (χ0v) is 13.0. The first-order chi connectivity index (χ1) is 10.1. The Morgan fingerprint density at radius 2 is 1.62 bits per heavy atom. The van der Waals surface area contributed by atoms with Crippen molar-refractivity contribution in [3.05, 3.63) is 70.5 Å². The molecule has 21 heavy (non-hydrogen) atoms. The standard InChI is InChI=1S/C18H18N2S/c1-18(2,14-6-4-3-5-7-14)17-20-16(12-21-17)13-8-10-15(19)11-9-13/h3-12H,19H2,1-2H3. The predicted molar refractivity (Wildman–Crippen MR) is 90.5 cm³/mol. The van der Waals surface area contributed by atoms with Crippen molar-refractivity contribution in [3.8, 4) is 11.3 Å². The molecule has 0 fully saturated rings. The van der Waals surface area contributed by atoms with Gasteiger partial charge in [0.1, 0.15) is 5.01 Å². The fourth-order valence-electron chi connectivity index (χ4n) is 2.33. The van der Waals surface area contributed by atoms with Gasteiger partial charge in [0.2, 0.25) is 0 Å². The third-order valence-electron chi connectivity index (χ3n) is 3.74. The topological polar surface area (TPSA) is 38.9 Å². The average Bonchev–Trinajstić information content (AvgIpc) is 2.99. The Hall–Kier alpha value is -2.13. The summed E-state index contributed by atoms with van der Waals surface area (Å²) in [4.78, 5) is 4.84. The van der Waals surface area contributed by atoms with Crippen molar-refractivity contribution >= 4 is 17.0 Å². The monoisotopic (exact) mass is 294 g/mol. The van der Waals surface area contributed by atoms with Crippen molar-refractivity contribution in [2.24, 2.45) is 0 Å². The molecule has 106 valence electrons. The first-order valence-corrected chi connectivity index (χ1v) is 7.83. The predicted octanol–water partition coefficient (Wildman–Crippen LogP) is 4.72. The molecule has 0 amide bonds. The van der Waals surface area contributed by atoms with Crippen molar-refractivity contribution in [3.63, 3.8) is 0 Å². The summed E-state index contributed by atoms with van der Waals surface area (Å²) in [7, 11) is 0. The van der Waals surface area contributed by atoms with E-state index in [0.717, 1.165) is 22.0 Å². The lowest BCUT2D eigenvalue weighted by atomic mass is 9.85. The zero-order chi connectivity index (χ0) is 14.9. The normalized spacial score (nSPS) is 11.5. The second-order valence-corrected chi connectivity index (χ2v) is 6.51. The average molecular weight is 294 g/mol. The number of nitrogens with two attached hydrogens (primary N) is 1. The van der Waals surface area contributed by atoms with Gasteiger partial charge in [-0.15, -0.1) is 11.3 Å². The molecular formula is C18H18N2S. The molecule has 3 heteroatoms. The lowest BCUT2D eigenvalue weighted by Gasteiger charge is -2.22. The Labute approximate surface area is 129 Å². The first-order valence-electron chi connectivity index (χ1n) is 6.95. The molecule has 0 aliphatic rings. The van der Waals surface area contributed by atoms with Crippen LogP contribution in [0.3, 0.4) is 0 Å². The fourth-order valence-corrected chi connectivity index (χ4v) is 3.30. The molecule has 2 aromatic carbocycles. The summed E-state index contributed by atoms with van der Waals surface area (Å²) in [6.07, 6.45) is 0. The largest absolute Gasteiger partial charge is 0.399 e. The second-order valence-electron chi connectivity index (χ2n) is 5.65. The van der Waals surface area contributed by atoms with E-state index in [-0.39, 0.29) is 5.41 Å². The number of nitrogens with zero attached hydrogens (tertiary/aromatic N) is 1. The molecule has 2 N–H and O–H groups in total. The summed E-state index contributed by atoms with van der Waals surface area (Å²) in [6.45, 7) is 4.43. The first kappa shape index (κ1) is 13.8. The zero-order valence-electron chi connectivity index (χ0n) is 12.2.